The van der Waals surface area contributed by atoms with Crippen LogP contribution in [0, 0.1) is 28.2 Å². The van der Waals surface area contributed by atoms with Gasteiger partial charge in [-0.15, -0.1) is 0 Å². The summed E-state index contributed by atoms with van der Waals surface area (Å²) < 4.78 is 6.40. The first kappa shape index (κ1) is 36.8. The third-order valence-electron chi connectivity index (χ3n) is 14.1. The minimum Gasteiger partial charge on any atom is -0.489 e. The molecular weight excluding hydrogens is 736 g/mol. The van der Waals surface area contributed by atoms with Crippen molar-refractivity contribution in [2.75, 3.05) is 13.1 Å². The molecule has 4 heterocycles. The molecule has 4 saturated carbocycles. The number of fused-ring (bicyclic) bond motifs is 2. The Bertz CT molecular complexity index is 2120. The number of amides is 6. The normalized spacial score (nSPS) is 31.3. The van der Waals surface area contributed by atoms with Crippen molar-refractivity contribution in [3.63, 3.8) is 0 Å². The molecule has 56 heavy (non-hydrogen) atoms. The highest BCUT2D eigenvalue weighted by molar-refractivity contribution is 6.33. The predicted molar refractivity (Wildman–Crippen MR) is 202 cm³/mol. The van der Waals surface area contributed by atoms with Crippen molar-refractivity contribution in [3.05, 3.63) is 69.0 Å². The second kappa shape index (κ2) is 12.3. The van der Waals surface area contributed by atoms with Crippen LogP contribution in [-0.4, -0.2) is 87.5 Å². The van der Waals surface area contributed by atoms with Crippen molar-refractivity contribution in [1.82, 2.24) is 25.3 Å². The highest BCUT2D eigenvalue weighted by Crippen LogP contribution is 2.74. The number of likely N-dealkylation sites (tertiary alicyclic amines) is 1. The molecule has 4 aliphatic heterocycles. The monoisotopic (exact) mass is 780 g/mol. The van der Waals surface area contributed by atoms with E-state index >= 15 is 0 Å². The number of benzene rings is 2. The lowest BCUT2D eigenvalue weighted by atomic mass is 9.34. The lowest BCUT2D eigenvalue weighted by Gasteiger charge is -2.70. The highest BCUT2D eigenvalue weighted by Gasteiger charge is 2.76. The Labute approximate surface area is 330 Å². The van der Waals surface area contributed by atoms with Gasteiger partial charge < -0.3 is 15.0 Å². The molecule has 2 aromatic carbocycles. The van der Waals surface area contributed by atoms with E-state index in [1.54, 1.807) is 30.3 Å². The molecule has 6 amide bonds. The van der Waals surface area contributed by atoms with E-state index in [4.69, 9.17) is 22.9 Å². The lowest BCUT2D eigenvalue weighted by molar-refractivity contribution is -0.223. The van der Waals surface area contributed by atoms with Crippen molar-refractivity contribution in [2.24, 2.45) is 21.7 Å². The summed E-state index contributed by atoms with van der Waals surface area (Å²) in [6.45, 7) is 18.2. The fourth-order valence-corrected chi connectivity index (χ4v) is 11.8. The number of carbonyl (C=O) groups is 6. The maximum absolute atomic E-state index is 13.9. The van der Waals surface area contributed by atoms with E-state index in [1.807, 2.05) is 4.90 Å². The lowest BCUT2D eigenvalue weighted by Crippen LogP contribution is -2.78. The molecule has 292 valence electrons. The molecule has 0 radical (unpaired) electrons. The summed E-state index contributed by atoms with van der Waals surface area (Å²) in [6.07, 6.45) is 3.37. The molecule has 8 aliphatic rings. The summed E-state index contributed by atoms with van der Waals surface area (Å²) in [4.78, 5) is 87.2. The first-order valence-corrected chi connectivity index (χ1v) is 19.9. The zero-order valence-electron chi connectivity index (χ0n) is 32.0. The van der Waals surface area contributed by atoms with Crippen LogP contribution in [0.25, 0.3) is 4.85 Å². The maximum Gasteiger partial charge on any atom is 0.262 e. The fraction of sp³-hybridized carbons (Fsp3) is 0.548. The third-order valence-corrected chi connectivity index (χ3v) is 14.5. The number of nitrogens with zero attached hydrogens (tertiary/aromatic N) is 4. The summed E-state index contributed by atoms with van der Waals surface area (Å²) in [5.74, 6) is -1.25. The number of hydrogen-bond acceptors (Lipinski definition) is 8. The Morgan fingerprint density at radius 1 is 0.893 bits per heavy atom. The molecule has 1 atom stereocenters. The quantitative estimate of drug-likeness (QED) is 0.302. The van der Waals surface area contributed by atoms with Crippen molar-refractivity contribution in [2.45, 2.75) is 110 Å². The Kier molecular flexibility index (Phi) is 8.12. The second-order valence-corrected chi connectivity index (χ2v) is 18.8. The topological polar surface area (TPSA) is 150 Å². The summed E-state index contributed by atoms with van der Waals surface area (Å²) >= 11 is 6.26. The summed E-state index contributed by atoms with van der Waals surface area (Å²) in [6, 6.07) is 7.78. The van der Waals surface area contributed by atoms with Gasteiger partial charge in [0.2, 0.25) is 29.3 Å². The van der Waals surface area contributed by atoms with Crippen LogP contribution >= 0.6 is 11.6 Å². The summed E-state index contributed by atoms with van der Waals surface area (Å²) in [7, 11) is 0. The predicted octanol–water partition coefficient (Wildman–Crippen LogP) is 4.77. The van der Waals surface area contributed by atoms with E-state index in [0.717, 1.165) is 28.9 Å². The minimum atomic E-state index is -0.988. The Morgan fingerprint density at radius 2 is 1.50 bits per heavy atom. The van der Waals surface area contributed by atoms with Crippen molar-refractivity contribution >= 4 is 52.7 Å². The van der Waals surface area contributed by atoms with Crippen LogP contribution in [0.3, 0.4) is 0 Å². The molecule has 0 spiro atoms. The van der Waals surface area contributed by atoms with Gasteiger partial charge in [0, 0.05) is 55.5 Å². The van der Waals surface area contributed by atoms with Gasteiger partial charge in [-0.25, -0.2) is 4.85 Å². The van der Waals surface area contributed by atoms with Gasteiger partial charge in [-0.2, -0.15) is 0 Å². The minimum absolute atomic E-state index is 0.0200. The molecule has 2 bridgehead atoms. The average molecular weight is 781 g/mol. The van der Waals surface area contributed by atoms with Crippen LogP contribution in [0.15, 0.2) is 30.3 Å². The fourth-order valence-electron chi connectivity index (χ4n) is 11.5. The van der Waals surface area contributed by atoms with E-state index in [2.05, 4.69) is 48.1 Å². The number of hydrogen-bond donors (Lipinski definition) is 2. The van der Waals surface area contributed by atoms with Gasteiger partial charge in [-0.05, 0) is 73.9 Å². The number of imide groups is 2. The van der Waals surface area contributed by atoms with E-state index < -0.39 is 40.5 Å². The zero-order chi connectivity index (χ0) is 39.7. The average Bonchev–Trinajstić information content (AvgIpc) is 3.64. The van der Waals surface area contributed by atoms with Crippen molar-refractivity contribution < 1.29 is 33.5 Å². The van der Waals surface area contributed by atoms with E-state index in [9.17, 15) is 28.8 Å². The first-order chi connectivity index (χ1) is 26.5. The Morgan fingerprint density at radius 3 is 2.05 bits per heavy atom. The van der Waals surface area contributed by atoms with Gasteiger partial charge in [0.25, 0.3) is 11.8 Å². The Hall–Kier alpha value is -4.80. The van der Waals surface area contributed by atoms with Gasteiger partial charge in [0.1, 0.15) is 17.9 Å². The molecule has 10 rings (SSSR count). The van der Waals surface area contributed by atoms with Crippen LogP contribution in [0.2, 0.25) is 5.02 Å². The Balaban J connectivity index is 0.765. The largest absolute Gasteiger partial charge is 0.489 e. The van der Waals surface area contributed by atoms with E-state index in [-0.39, 0.29) is 53.7 Å². The van der Waals surface area contributed by atoms with E-state index in [1.165, 1.54) is 0 Å². The van der Waals surface area contributed by atoms with Crippen LogP contribution in [0.1, 0.15) is 104 Å². The molecule has 2 saturated heterocycles. The number of piperidine rings is 2. The van der Waals surface area contributed by atoms with Gasteiger partial charge in [-0.1, -0.05) is 45.4 Å². The third kappa shape index (κ3) is 5.28. The van der Waals surface area contributed by atoms with Crippen LogP contribution in [-0.2, 0) is 32.3 Å². The zero-order valence-corrected chi connectivity index (χ0v) is 32.8. The van der Waals surface area contributed by atoms with Gasteiger partial charge in [0.15, 0.2) is 0 Å². The highest BCUT2D eigenvalue weighted by atomic mass is 35.5. The second-order valence-electron chi connectivity index (χ2n) is 18.4. The molecule has 6 fully saturated rings. The molecule has 0 aromatic heterocycles. The number of nitrogens with one attached hydrogen (secondary N) is 2. The molecule has 4 aliphatic carbocycles. The number of ether oxygens (including phenoxy) is 1. The van der Waals surface area contributed by atoms with Gasteiger partial charge in [-0.3, -0.25) is 43.9 Å². The molecule has 13 nitrogen and oxygen atoms in total. The number of halogens is 1. The standard InChI is InChI=1S/C42H45ClN6O7/c1-39(2)35(40(3,4)36(39)56-25-6-7-29(44-5)28(43)16-25)46-37(54)41-19-42(20-41,21-41)38(55)47-12-10-24(11-13-47)48-17-22-14-26-27(15-23(22)18-48)34(53)49(33(26)52)30-8-9-31(50)45-32(30)51/h6-7,14-16,24,30,35-36H,8-13,17-21H2,1-4H3,(H,46,54)(H,45,50,51). The summed E-state index contributed by atoms with van der Waals surface area (Å²) in [5.41, 5.74) is 1.26. The molecule has 14 heteroatoms. The van der Waals surface area contributed by atoms with Crippen LogP contribution in [0.4, 0.5) is 5.69 Å². The molecule has 2 aromatic rings. The molecular formula is C42H45ClN6O7. The van der Waals surface area contributed by atoms with Gasteiger partial charge >= 0.3 is 0 Å². The SMILES string of the molecule is [C-]#[N+]c1ccc(OC2C(C)(C)C(NC(=O)C34CC(C(=O)N5CCC(N6Cc7cc8c(cc7C6)C(=O)N(C6CCC(=O)NC6=O)C8=O)CC5)(C3)C4)C2(C)C)cc1Cl. The van der Waals surface area contributed by atoms with Crippen LogP contribution in [0.5, 0.6) is 5.75 Å². The number of carbonyl (C=O) groups excluding carboxylic acids is 6. The van der Waals surface area contributed by atoms with Crippen molar-refractivity contribution in [1.29, 1.82) is 0 Å². The van der Waals surface area contributed by atoms with Crippen molar-refractivity contribution in [3.8, 4) is 5.75 Å². The van der Waals surface area contributed by atoms with Gasteiger partial charge in [0.05, 0.1) is 33.6 Å². The molecule has 1 unspecified atom stereocenters. The van der Waals surface area contributed by atoms with E-state index in [0.29, 0.717) is 73.0 Å². The first-order valence-electron chi connectivity index (χ1n) is 19.5. The van der Waals surface area contributed by atoms with Crippen LogP contribution < -0.4 is 15.4 Å². The number of rotatable bonds is 7. The summed E-state index contributed by atoms with van der Waals surface area (Å²) in [5, 5.41) is 5.94. The maximum atomic E-state index is 13.9. The smallest absolute Gasteiger partial charge is 0.262 e. The molecule has 2 N–H and O–H groups in total.